The van der Waals surface area contributed by atoms with E-state index in [-0.39, 0.29) is 24.6 Å². The minimum absolute atomic E-state index is 0.0261. The van der Waals surface area contributed by atoms with Gasteiger partial charge in [-0.2, -0.15) is 13.2 Å². The van der Waals surface area contributed by atoms with Crippen molar-refractivity contribution in [2.24, 2.45) is 7.05 Å². The summed E-state index contributed by atoms with van der Waals surface area (Å²) in [5.74, 6) is 2.96. The Balaban J connectivity index is 2.25. The van der Waals surface area contributed by atoms with Gasteiger partial charge >= 0.3 is 17.8 Å². The first-order chi connectivity index (χ1) is 17.1. The van der Waals surface area contributed by atoms with Crippen molar-refractivity contribution in [3.05, 3.63) is 20.8 Å². The lowest BCUT2D eigenvalue weighted by atomic mass is 10.3. The normalized spacial score (nSPS) is 18.3. The van der Waals surface area contributed by atoms with Gasteiger partial charge in [0, 0.05) is 46.3 Å². The van der Waals surface area contributed by atoms with E-state index in [0.717, 1.165) is 9.63 Å². The average molecular weight is 516 g/mol. The van der Waals surface area contributed by atoms with Crippen molar-refractivity contribution < 1.29 is 22.8 Å². The maximum Gasteiger partial charge on any atom is 0.493 e. The standard InChI is InChI=1S/C22H32F3N7O4/c1-5-8-11-30-16-17(31(15-14-28(6-2)7-3)21(35)27(4)18(16)33)32(36-19(34)22(23,24)25)20(30)29-12-9-26-10-13-29/h20,26H,6-7,9-15H2,1-4H3. The van der Waals surface area contributed by atoms with E-state index >= 15 is 0 Å². The Hall–Kier alpha value is -3.02. The van der Waals surface area contributed by atoms with E-state index < -0.39 is 29.7 Å². The fourth-order valence-electron chi connectivity index (χ4n) is 4.36. The van der Waals surface area contributed by atoms with Crippen LogP contribution in [0.15, 0.2) is 9.59 Å². The molecule has 1 atom stereocenters. The Morgan fingerprint density at radius 1 is 1.19 bits per heavy atom. The number of hydrogen-bond donors (Lipinski definition) is 1. The number of aromatic nitrogens is 2. The van der Waals surface area contributed by atoms with Gasteiger partial charge in [-0.05, 0) is 20.0 Å². The zero-order valence-electron chi connectivity index (χ0n) is 20.9. The van der Waals surface area contributed by atoms with E-state index in [1.165, 1.54) is 16.5 Å². The number of hydrogen-bond acceptors (Lipinski definition) is 9. The van der Waals surface area contributed by atoms with Crippen LogP contribution in [0.5, 0.6) is 0 Å². The van der Waals surface area contributed by atoms with E-state index in [1.807, 2.05) is 18.7 Å². The number of piperazine rings is 1. The Morgan fingerprint density at radius 3 is 2.39 bits per heavy atom. The Kier molecular flexibility index (Phi) is 8.70. The molecule has 1 fully saturated rings. The molecule has 1 N–H and O–H groups in total. The molecule has 0 saturated carbocycles. The number of nitrogens with zero attached hydrogens (tertiary/aromatic N) is 6. The van der Waals surface area contributed by atoms with E-state index in [2.05, 4.69) is 17.2 Å². The van der Waals surface area contributed by atoms with Gasteiger partial charge in [0.2, 0.25) is 0 Å². The molecule has 3 rings (SSSR count). The van der Waals surface area contributed by atoms with Gasteiger partial charge in [-0.3, -0.25) is 18.8 Å². The quantitative estimate of drug-likeness (QED) is 0.471. The number of anilines is 2. The molecule has 0 spiro atoms. The van der Waals surface area contributed by atoms with E-state index in [4.69, 9.17) is 4.84 Å². The highest BCUT2D eigenvalue weighted by Gasteiger charge is 2.50. The summed E-state index contributed by atoms with van der Waals surface area (Å²) in [6, 6.07) is 0. The Morgan fingerprint density at radius 2 is 1.83 bits per heavy atom. The van der Waals surface area contributed by atoms with Gasteiger partial charge in [0.15, 0.2) is 17.8 Å². The SMILES string of the molecule is CC#CCN1c2c(n(CCN(CC)CC)c(=O)n(C)c2=O)N(OC(=O)C(F)(F)F)C1N1CCNCC1. The van der Waals surface area contributed by atoms with Crippen LogP contribution in [-0.4, -0.2) is 89.7 Å². The van der Waals surface area contributed by atoms with Crippen LogP contribution in [0.2, 0.25) is 0 Å². The topological polar surface area (TPSA) is 95.3 Å². The fourth-order valence-corrected chi connectivity index (χ4v) is 4.36. The summed E-state index contributed by atoms with van der Waals surface area (Å²) < 4.78 is 42.1. The van der Waals surface area contributed by atoms with Gasteiger partial charge in [0.1, 0.15) is 0 Å². The van der Waals surface area contributed by atoms with Crippen molar-refractivity contribution in [1.82, 2.24) is 24.3 Å². The molecule has 1 aromatic rings. The maximum atomic E-state index is 13.3. The molecule has 3 heterocycles. The molecule has 200 valence electrons. The second-order valence-corrected chi connectivity index (χ2v) is 8.39. The van der Waals surface area contributed by atoms with Crippen molar-refractivity contribution >= 4 is 17.5 Å². The minimum Gasteiger partial charge on any atom is -0.327 e. The van der Waals surface area contributed by atoms with Crippen LogP contribution in [0, 0.1) is 11.8 Å². The molecule has 1 saturated heterocycles. The van der Waals surface area contributed by atoms with Crippen LogP contribution in [0.4, 0.5) is 24.7 Å². The van der Waals surface area contributed by atoms with E-state index in [0.29, 0.717) is 45.8 Å². The third kappa shape index (κ3) is 5.37. The van der Waals surface area contributed by atoms with Gasteiger partial charge < -0.3 is 20.0 Å². The zero-order chi connectivity index (χ0) is 26.6. The maximum absolute atomic E-state index is 13.3. The average Bonchev–Trinajstić information content (AvgIpc) is 3.17. The van der Waals surface area contributed by atoms with Crippen molar-refractivity contribution in [3.63, 3.8) is 0 Å². The highest BCUT2D eigenvalue weighted by Crippen LogP contribution is 2.38. The lowest BCUT2D eigenvalue weighted by Crippen LogP contribution is -2.61. The Labute approximate surface area is 206 Å². The molecular formula is C22H32F3N7O4. The highest BCUT2D eigenvalue weighted by atomic mass is 19.4. The second kappa shape index (κ2) is 11.4. The summed E-state index contributed by atoms with van der Waals surface area (Å²) in [7, 11) is 1.31. The predicted octanol–water partition coefficient (Wildman–Crippen LogP) is -0.252. The van der Waals surface area contributed by atoms with Crippen LogP contribution in [-0.2, 0) is 23.2 Å². The number of hydroxylamine groups is 1. The van der Waals surface area contributed by atoms with Gasteiger partial charge in [-0.1, -0.05) is 19.8 Å². The summed E-state index contributed by atoms with van der Waals surface area (Å²) in [5.41, 5.74) is -1.47. The first kappa shape index (κ1) is 27.6. The summed E-state index contributed by atoms with van der Waals surface area (Å²) >= 11 is 0. The monoisotopic (exact) mass is 515 g/mol. The number of fused-ring (bicyclic) bond motifs is 1. The van der Waals surface area contributed by atoms with Crippen LogP contribution in [0.1, 0.15) is 20.8 Å². The molecule has 2 aliphatic rings. The fraction of sp³-hybridized carbons (Fsp3) is 0.682. The molecule has 0 aliphatic carbocycles. The predicted molar refractivity (Wildman–Crippen MR) is 127 cm³/mol. The number of carbonyl (C=O) groups is 1. The van der Waals surface area contributed by atoms with Gasteiger partial charge in [-0.15, -0.1) is 11.0 Å². The molecule has 0 radical (unpaired) electrons. The number of halogens is 3. The molecule has 1 aromatic heterocycles. The first-order valence-corrected chi connectivity index (χ1v) is 11.8. The third-order valence-corrected chi connectivity index (χ3v) is 6.33. The molecule has 0 amide bonds. The lowest BCUT2D eigenvalue weighted by molar-refractivity contribution is -0.203. The zero-order valence-corrected chi connectivity index (χ0v) is 20.9. The number of likely N-dealkylation sites (N-methyl/N-ethyl adjacent to an activating group) is 1. The molecule has 0 aromatic carbocycles. The molecular weight excluding hydrogens is 483 g/mol. The largest absolute Gasteiger partial charge is 0.493 e. The van der Waals surface area contributed by atoms with Gasteiger partial charge in [-0.25, -0.2) is 9.59 Å². The van der Waals surface area contributed by atoms with Crippen LogP contribution in [0.25, 0.3) is 0 Å². The number of carbonyl (C=O) groups excluding carboxylic acids is 1. The third-order valence-electron chi connectivity index (χ3n) is 6.33. The second-order valence-electron chi connectivity index (χ2n) is 8.39. The van der Waals surface area contributed by atoms with Crippen LogP contribution < -0.4 is 26.5 Å². The van der Waals surface area contributed by atoms with E-state index in [1.54, 1.807) is 11.8 Å². The number of alkyl halides is 3. The van der Waals surface area contributed by atoms with Crippen LogP contribution in [0.3, 0.4) is 0 Å². The molecule has 2 aliphatic heterocycles. The van der Waals surface area contributed by atoms with Gasteiger partial charge in [0.05, 0.1) is 6.54 Å². The molecule has 11 nitrogen and oxygen atoms in total. The molecule has 0 bridgehead atoms. The number of rotatable bonds is 8. The highest BCUT2D eigenvalue weighted by molar-refractivity contribution is 5.80. The van der Waals surface area contributed by atoms with Crippen molar-refractivity contribution in [3.8, 4) is 11.8 Å². The minimum atomic E-state index is -5.28. The molecule has 1 unspecified atom stereocenters. The Bertz CT molecular complexity index is 1130. The molecule has 36 heavy (non-hydrogen) atoms. The van der Waals surface area contributed by atoms with Crippen molar-refractivity contribution in [2.45, 2.75) is 39.8 Å². The van der Waals surface area contributed by atoms with Crippen molar-refractivity contribution in [1.29, 1.82) is 0 Å². The smallest absolute Gasteiger partial charge is 0.327 e. The summed E-state index contributed by atoms with van der Waals surface area (Å²) in [6.07, 6.45) is -6.37. The van der Waals surface area contributed by atoms with Crippen LogP contribution >= 0.6 is 0 Å². The summed E-state index contributed by atoms with van der Waals surface area (Å²) in [5, 5.41) is 3.93. The molecule has 14 heteroatoms. The van der Waals surface area contributed by atoms with E-state index in [9.17, 15) is 27.6 Å². The van der Waals surface area contributed by atoms with Crippen molar-refractivity contribution in [2.75, 3.05) is 62.3 Å². The lowest BCUT2D eigenvalue weighted by Gasteiger charge is -2.40. The summed E-state index contributed by atoms with van der Waals surface area (Å²) in [4.78, 5) is 48.8. The summed E-state index contributed by atoms with van der Waals surface area (Å²) in [6.45, 7) is 9.18. The first-order valence-electron chi connectivity index (χ1n) is 11.8. The number of nitrogens with one attached hydrogen (secondary N) is 1. The van der Waals surface area contributed by atoms with Gasteiger partial charge in [0.25, 0.3) is 5.56 Å².